The lowest BCUT2D eigenvalue weighted by atomic mass is 10.1. The Labute approximate surface area is 116 Å². The number of pyridine rings is 1. The van der Waals surface area contributed by atoms with E-state index in [0.717, 1.165) is 11.1 Å². The molecule has 0 saturated heterocycles. The Bertz CT molecular complexity index is 681. The maximum atomic E-state index is 12.2. The number of nitrogens with zero attached hydrogens (tertiary/aromatic N) is 1. The molecule has 1 heterocycles. The third-order valence-electron chi connectivity index (χ3n) is 2.93. The highest BCUT2D eigenvalue weighted by atomic mass is 16.4. The minimum absolute atomic E-state index is 0.0903. The van der Waals surface area contributed by atoms with Crippen molar-refractivity contribution in [1.29, 1.82) is 0 Å². The van der Waals surface area contributed by atoms with Gasteiger partial charge in [-0.1, -0.05) is 17.7 Å². The van der Waals surface area contributed by atoms with E-state index in [1.54, 1.807) is 6.07 Å². The minimum atomic E-state index is -1.18. The maximum absolute atomic E-state index is 12.2. The Morgan fingerprint density at radius 2 is 1.90 bits per heavy atom. The number of anilines is 1. The van der Waals surface area contributed by atoms with Crippen molar-refractivity contribution >= 4 is 17.6 Å². The first-order chi connectivity index (χ1) is 9.49. The quantitative estimate of drug-likeness (QED) is 0.898. The average Bonchev–Trinajstić information content (AvgIpc) is 2.41. The molecule has 0 bridgehead atoms. The summed E-state index contributed by atoms with van der Waals surface area (Å²) in [5.41, 5.74) is 2.65. The molecule has 0 saturated carbocycles. The average molecular weight is 270 g/mol. The third-order valence-corrected chi connectivity index (χ3v) is 2.93. The van der Waals surface area contributed by atoms with Crippen molar-refractivity contribution in [3.63, 3.8) is 0 Å². The van der Waals surface area contributed by atoms with Crippen LogP contribution in [0.25, 0.3) is 0 Å². The Balaban J connectivity index is 2.31. The molecule has 0 spiro atoms. The fourth-order valence-electron chi connectivity index (χ4n) is 1.91. The normalized spacial score (nSPS) is 10.1. The van der Waals surface area contributed by atoms with Gasteiger partial charge in [0.15, 0.2) is 0 Å². The first-order valence-electron chi connectivity index (χ1n) is 6.05. The Morgan fingerprint density at radius 1 is 1.15 bits per heavy atom. The highest BCUT2D eigenvalue weighted by Gasteiger charge is 2.16. The van der Waals surface area contributed by atoms with Crippen LogP contribution >= 0.6 is 0 Å². The van der Waals surface area contributed by atoms with E-state index in [1.807, 2.05) is 26.0 Å². The van der Waals surface area contributed by atoms with Crippen LogP contribution in [0, 0.1) is 13.8 Å². The van der Waals surface area contributed by atoms with E-state index in [1.165, 1.54) is 18.5 Å². The molecule has 0 atom stereocenters. The van der Waals surface area contributed by atoms with E-state index in [9.17, 15) is 9.59 Å². The van der Waals surface area contributed by atoms with Gasteiger partial charge in [-0.05, 0) is 31.5 Å². The largest absolute Gasteiger partial charge is 0.478 e. The van der Waals surface area contributed by atoms with Crippen LogP contribution in [-0.4, -0.2) is 22.0 Å². The van der Waals surface area contributed by atoms with Gasteiger partial charge >= 0.3 is 5.97 Å². The number of aryl methyl sites for hydroxylation is 2. The third kappa shape index (κ3) is 2.83. The molecule has 20 heavy (non-hydrogen) atoms. The molecule has 1 aromatic heterocycles. The molecule has 102 valence electrons. The number of amides is 1. The Kier molecular flexibility index (Phi) is 3.79. The summed E-state index contributed by atoms with van der Waals surface area (Å²) in [5.74, 6) is -1.64. The molecule has 0 unspecified atom stereocenters. The van der Waals surface area contributed by atoms with Crippen molar-refractivity contribution in [3.8, 4) is 0 Å². The van der Waals surface area contributed by atoms with E-state index >= 15 is 0 Å². The van der Waals surface area contributed by atoms with Gasteiger partial charge in [0.05, 0.1) is 11.1 Å². The Morgan fingerprint density at radius 3 is 2.55 bits per heavy atom. The number of aromatic carboxylic acids is 1. The molecule has 0 aliphatic heterocycles. The van der Waals surface area contributed by atoms with Crippen LogP contribution in [0.2, 0.25) is 0 Å². The number of rotatable bonds is 3. The van der Waals surface area contributed by atoms with Crippen molar-refractivity contribution in [2.45, 2.75) is 13.8 Å². The maximum Gasteiger partial charge on any atom is 0.338 e. The minimum Gasteiger partial charge on any atom is -0.478 e. The zero-order valence-corrected chi connectivity index (χ0v) is 11.2. The monoisotopic (exact) mass is 270 g/mol. The van der Waals surface area contributed by atoms with Gasteiger partial charge in [0.2, 0.25) is 0 Å². The van der Waals surface area contributed by atoms with Gasteiger partial charge in [0.25, 0.3) is 5.91 Å². The Hall–Kier alpha value is -2.69. The van der Waals surface area contributed by atoms with Crippen LogP contribution in [0.5, 0.6) is 0 Å². The second-order valence-corrected chi connectivity index (χ2v) is 4.50. The van der Waals surface area contributed by atoms with Gasteiger partial charge < -0.3 is 10.4 Å². The first-order valence-corrected chi connectivity index (χ1v) is 6.05. The SMILES string of the molecule is Cc1ccc(NC(=O)c2ccncc2C(=O)O)c(C)c1. The second-order valence-electron chi connectivity index (χ2n) is 4.50. The van der Waals surface area contributed by atoms with Gasteiger partial charge in [-0.2, -0.15) is 0 Å². The lowest BCUT2D eigenvalue weighted by Crippen LogP contribution is -2.17. The van der Waals surface area contributed by atoms with Crippen LogP contribution in [0.1, 0.15) is 31.8 Å². The van der Waals surface area contributed by atoms with Gasteiger partial charge in [0, 0.05) is 18.1 Å². The summed E-state index contributed by atoms with van der Waals surface area (Å²) in [6.07, 6.45) is 2.56. The number of nitrogens with one attached hydrogen (secondary N) is 1. The predicted octanol–water partition coefficient (Wildman–Crippen LogP) is 2.65. The highest BCUT2D eigenvalue weighted by molar-refractivity contribution is 6.10. The zero-order chi connectivity index (χ0) is 14.7. The number of hydrogen-bond acceptors (Lipinski definition) is 3. The lowest BCUT2D eigenvalue weighted by molar-refractivity contribution is 0.0692. The fourth-order valence-corrected chi connectivity index (χ4v) is 1.91. The number of carboxylic acid groups (broad SMARTS) is 1. The number of carboxylic acids is 1. The molecule has 0 aliphatic rings. The van der Waals surface area contributed by atoms with E-state index < -0.39 is 11.9 Å². The summed E-state index contributed by atoms with van der Waals surface area (Å²) in [6, 6.07) is 7.01. The molecule has 0 aliphatic carbocycles. The van der Waals surface area contributed by atoms with E-state index in [2.05, 4.69) is 10.3 Å². The van der Waals surface area contributed by atoms with Gasteiger partial charge in [-0.25, -0.2) is 4.79 Å². The van der Waals surface area contributed by atoms with E-state index in [0.29, 0.717) is 5.69 Å². The molecule has 0 fully saturated rings. The van der Waals surface area contributed by atoms with Crippen molar-refractivity contribution in [2.75, 3.05) is 5.32 Å². The molecule has 2 N–H and O–H groups in total. The van der Waals surface area contributed by atoms with Crippen LogP contribution in [-0.2, 0) is 0 Å². The number of carbonyl (C=O) groups excluding carboxylic acids is 1. The summed E-state index contributed by atoms with van der Waals surface area (Å²) >= 11 is 0. The van der Waals surface area contributed by atoms with Crippen LogP contribution in [0.3, 0.4) is 0 Å². The standard InChI is InChI=1S/C15H14N2O3/c1-9-3-4-13(10(2)7-9)17-14(18)11-5-6-16-8-12(11)15(19)20/h3-8H,1-2H3,(H,17,18)(H,19,20). The zero-order valence-electron chi connectivity index (χ0n) is 11.2. The number of carbonyl (C=O) groups is 2. The molecule has 1 amide bonds. The van der Waals surface area contributed by atoms with Gasteiger partial charge in [-0.15, -0.1) is 0 Å². The van der Waals surface area contributed by atoms with Crippen LogP contribution < -0.4 is 5.32 Å². The summed E-state index contributed by atoms with van der Waals surface area (Å²) in [7, 11) is 0. The summed E-state index contributed by atoms with van der Waals surface area (Å²) < 4.78 is 0. The molecule has 5 heteroatoms. The number of hydrogen-bond donors (Lipinski definition) is 2. The number of benzene rings is 1. The van der Waals surface area contributed by atoms with Crippen molar-refractivity contribution in [3.05, 3.63) is 58.9 Å². The molecular weight excluding hydrogens is 256 g/mol. The van der Waals surface area contributed by atoms with Crippen LogP contribution in [0.15, 0.2) is 36.7 Å². The summed E-state index contributed by atoms with van der Waals surface area (Å²) in [5, 5.41) is 11.8. The first kappa shape index (κ1) is 13.7. The summed E-state index contributed by atoms with van der Waals surface area (Å²) in [6.45, 7) is 3.84. The van der Waals surface area contributed by atoms with Crippen molar-refractivity contribution in [2.24, 2.45) is 0 Å². The fraction of sp³-hybridized carbons (Fsp3) is 0.133. The smallest absolute Gasteiger partial charge is 0.338 e. The lowest BCUT2D eigenvalue weighted by Gasteiger charge is -2.10. The molecule has 2 aromatic rings. The molecule has 2 rings (SSSR count). The second kappa shape index (κ2) is 5.52. The summed E-state index contributed by atoms with van der Waals surface area (Å²) in [4.78, 5) is 27.0. The molecule has 5 nitrogen and oxygen atoms in total. The number of aromatic nitrogens is 1. The van der Waals surface area contributed by atoms with Gasteiger partial charge in [-0.3, -0.25) is 9.78 Å². The molecule has 0 radical (unpaired) electrons. The molecule has 1 aromatic carbocycles. The van der Waals surface area contributed by atoms with Gasteiger partial charge in [0.1, 0.15) is 0 Å². The van der Waals surface area contributed by atoms with Crippen molar-refractivity contribution < 1.29 is 14.7 Å². The van der Waals surface area contributed by atoms with Crippen LogP contribution in [0.4, 0.5) is 5.69 Å². The molecular formula is C15H14N2O3. The topological polar surface area (TPSA) is 79.3 Å². The van der Waals surface area contributed by atoms with E-state index in [-0.39, 0.29) is 11.1 Å². The highest BCUT2D eigenvalue weighted by Crippen LogP contribution is 2.18. The predicted molar refractivity (Wildman–Crippen MR) is 75.1 cm³/mol. The van der Waals surface area contributed by atoms with E-state index in [4.69, 9.17) is 5.11 Å². The van der Waals surface area contributed by atoms with Crippen molar-refractivity contribution in [1.82, 2.24) is 4.98 Å².